The first-order chi connectivity index (χ1) is 11.4. The summed E-state index contributed by atoms with van der Waals surface area (Å²) in [4.78, 5) is 4.41. The number of nitrogens with zero attached hydrogens (tertiary/aromatic N) is 3. The van der Waals surface area contributed by atoms with E-state index in [-0.39, 0.29) is 24.0 Å². The lowest BCUT2D eigenvalue weighted by molar-refractivity contribution is 0.235. The Labute approximate surface area is 170 Å². The van der Waals surface area contributed by atoms with Crippen LogP contribution in [-0.4, -0.2) is 29.3 Å². The normalized spacial score (nSPS) is 16.8. The third kappa shape index (κ3) is 5.86. The summed E-state index contributed by atoms with van der Waals surface area (Å²) in [5.41, 5.74) is 4.01. The van der Waals surface area contributed by atoms with Crippen LogP contribution in [0.3, 0.4) is 0 Å². The average Bonchev–Trinajstić information content (AvgIpc) is 3.06. The molecule has 0 spiro atoms. The van der Waals surface area contributed by atoms with Gasteiger partial charge in [0.15, 0.2) is 5.96 Å². The van der Waals surface area contributed by atoms with Gasteiger partial charge in [0.05, 0.1) is 5.69 Å². The van der Waals surface area contributed by atoms with Crippen LogP contribution >= 0.6 is 24.0 Å². The van der Waals surface area contributed by atoms with Gasteiger partial charge >= 0.3 is 0 Å². The molecule has 0 radical (unpaired) electrons. The second-order valence-corrected chi connectivity index (χ2v) is 7.86. The molecule has 144 valence electrons. The molecule has 2 rings (SSSR count). The maximum atomic E-state index is 4.48. The van der Waals surface area contributed by atoms with Crippen molar-refractivity contribution in [1.29, 1.82) is 0 Å². The van der Waals surface area contributed by atoms with Gasteiger partial charge in [-0.25, -0.2) is 0 Å². The van der Waals surface area contributed by atoms with E-state index in [1.165, 1.54) is 43.4 Å². The highest BCUT2D eigenvalue weighted by molar-refractivity contribution is 14.0. The third-order valence-electron chi connectivity index (χ3n) is 5.45. The zero-order valence-corrected chi connectivity index (χ0v) is 19.1. The Bertz CT molecular complexity index is 571. The van der Waals surface area contributed by atoms with Gasteiger partial charge in [-0.2, -0.15) is 5.10 Å². The zero-order chi connectivity index (χ0) is 17.7. The monoisotopic (exact) mass is 461 g/mol. The lowest BCUT2D eigenvalue weighted by Crippen LogP contribution is -2.43. The Hall–Kier alpha value is -0.790. The summed E-state index contributed by atoms with van der Waals surface area (Å²) in [6, 6.07) is 0. The van der Waals surface area contributed by atoms with Gasteiger partial charge in [-0.3, -0.25) is 9.67 Å². The number of aromatic nitrogens is 2. The fraction of sp³-hybridized carbons (Fsp3) is 0.789. The van der Waals surface area contributed by atoms with Crippen molar-refractivity contribution in [3.05, 3.63) is 17.0 Å². The van der Waals surface area contributed by atoms with Gasteiger partial charge < -0.3 is 10.6 Å². The molecule has 1 aromatic rings. The Morgan fingerprint density at radius 2 is 1.88 bits per heavy atom. The molecule has 2 N–H and O–H groups in total. The first kappa shape index (κ1) is 22.3. The molecule has 0 atom stereocenters. The highest BCUT2D eigenvalue weighted by Crippen LogP contribution is 2.42. The molecular weight excluding hydrogens is 425 g/mol. The lowest BCUT2D eigenvalue weighted by Gasteiger charge is -2.32. The standard InChI is InChI=1S/C19H35N5.HI/c1-14(2)11-19(9-7-8-10-19)13-22-18(20-5)21-12-17-15(3)23-24(6)16(17)4;/h14H,7-13H2,1-6H3,(H2,20,21,22);1H. The van der Waals surface area contributed by atoms with Crippen molar-refractivity contribution in [3.63, 3.8) is 0 Å². The summed E-state index contributed by atoms with van der Waals surface area (Å²) in [5, 5.41) is 11.5. The van der Waals surface area contributed by atoms with Gasteiger partial charge in [-0.1, -0.05) is 26.7 Å². The largest absolute Gasteiger partial charge is 0.356 e. The summed E-state index contributed by atoms with van der Waals surface area (Å²) in [6.07, 6.45) is 6.73. The van der Waals surface area contributed by atoms with Crippen LogP contribution in [0.5, 0.6) is 0 Å². The Morgan fingerprint density at radius 1 is 1.24 bits per heavy atom. The molecular formula is C19H36IN5. The average molecular weight is 461 g/mol. The van der Waals surface area contributed by atoms with Crippen molar-refractivity contribution in [2.75, 3.05) is 13.6 Å². The van der Waals surface area contributed by atoms with E-state index in [1.54, 1.807) is 0 Å². The molecule has 0 amide bonds. The molecule has 25 heavy (non-hydrogen) atoms. The molecule has 0 unspecified atom stereocenters. The SMILES string of the molecule is CN=C(NCc1c(C)nn(C)c1C)NCC1(CC(C)C)CCCC1.I. The minimum Gasteiger partial charge on any atom is -0.356 e. The molecule has 0 saturated heterocycles. The van der Waals surface area contributed by atoms with E-state index in [4.69, 9.17) is 0 Å². The van der Waals surface area contributed by atoms with Gasteiger partial charge in [0.2, 0.25) is 0 Å². The second kappa shape index (κ2) is 9.78. The van der Waals surface area contributed by atoms with Crippen LogP contribution in [0.1, 0.15) is 62.9 Å². The van der Waals surface area contributed by atoms with Gasteiger partial charge in [0, 0.05) is 38.4 Å². The van der Waals surface area contributed by atoms with E-state index < -0.39 is 0 Å². The second-order valence-electron chi connectivity index (χ2n) is 7.86. The number of rotatable bonds is 6. The van der Waals surface area contributed by atoms with Crippen molar-refractivity contribution in [1.82, 2.24) is 20.4 Å². The number of aliphatic imine (C=N–C) groups is 1. The fourth-order valence-electron chi connectivity index (χ4n) is 4.18. The number of hydrogen-bond donors (Lipinski definition) is 2. The van der Waals surface area contributed by atoms with Crippen LogP contribution < -0.4 is 10.6 Å². The van der Waals surface area contributed by atoms with Crippen LogP contribution in [-0.2, 0) is 13.6 Å². The number of halogens is 1. The van der Waals surface area contributed by atoms with Crippen LogP contribution in [0.4, 0.5) is 0 Å². The van der Waals surface area contributed by atoms with Gasteiger partial charge in [-0.15, -0.1) is 24.0 Å². The summed E-state index contributed by atoms with van der Waals surface area (Å²) in [5.74, 6) is 1.65. The highest BCUT2D eigenvalue weighted by atomic mass is 127. The van der Waals surface area contributed by atoms with Crippen molar-refractivity contribution in [3.8, 4) is 0 Å². The molecule has 1 aliphatic rings. The predicted octanol–water partition coefficient (Wildman–Crippen LogP) is 3.93. The first-order valence-electron chi connectivity index (χ1n) is 9.30. The lowest BCUT2D eigenvalue weighted by atomic mass is 9.78. The molecule has 0 aliphatic heterocycles. The van der Waals surface area contributed by atoms with Gasteiger partial charge in [0.25, 0.3) is 0 Å². The van der Waals surface area contributed by atoms with E-state index in [0.717, 1.165) is 30.7 Å². The minimum absolute atomic E-state index is 0. The Kier molecular flexibility index (Phi) is 8.71. The number of aryl methyl sites for hydroxylation is 2. The first-order valence-corrected chi connectivity index (χ1v) is 9.30. The van der Waals surface area contributed by atoms with Crippen LogP contribution in [0, 0.1) is 25.2 Å². The maximum Gasteiger partial charge on any atom is 0.191 e. The highest BCUT2D eigenvalue weighted by Gasteiger charge is 2.34. The smallest absolute Gasteiger partial charge is 0.191 e. The molecule has 1 heterocycles. The van der Waals surface area contributed by atoms with E-state index in [2.05, 4.69) is 48.4 Å². The van der Waals surface area contributed by atoms with Crippen molar-refractivity contribution in [2.45, 2.75) is 66.3 Å². The molecule has 0 aromatic carbocycles. The molecule has 1 aliphatic carbocycles. The zero-order valence-electron chi connectivity index (χ0n) is 16.8. The summed E-state index contributed by atoms with van der Waals surface area (Å²) in [6.45, 7) is 10.6. The summed E-state index contributed by atoms with van der Waals surface area (Å²) >= 11 is 0. The molecule has 5 nitrogen and oxygen atoms in total. The number of guanidine groups is 1. The van der Waals surface area contributed by atoms with Crippen molar-refractivity contribution in [2.24, 2.45) is 23.4 Å². The minimum atomic E-state index is 0. The quantitative estimate of drug-likeness (QED) is 0.384. The Morgan fingerprint density at radius 3 is 2.36 bits per heavy atom. The number of hydrogen-bond acceptors (Lipinski definition) is 2. The van der Waals surface area contributed by atoms with E-state index in [1.807, 2.05) is 18.8 Å². The maximum absolute atomic E-state index is 4.48. The van der Waals surface area contributed by atoms with Crippen LogP contribution in [0.15, 0.2) is 4.99 Å². The molecule has 1 aromatic heterocycles. The Balaban J connectivity index is 0.00000312. The van der Waals surface area contributed by atoms with E-state index in [0.29, 0.717) is 5.41 Å². The molecule has 6 heteroatoms. The summed E-state index contributed by atoms with van der Waals surface area (Å²) < 4.78 is 1.94. The topological polar surface area (TPSA) is 54.2 Å². The van der Waals surface area contributed by atoms with Crippen molar-refractivity contribution < 1.29 is 0 Å². The van der Waals surface area contributed by atoms with Crippen LogP contribution in [0.25, 0.3) is 0 Å². The number of nitrogens with one attached hydrogen (secondary N) is 2. The van der Waals surface area contributed by atoms with E-state index in [9.17, 15) is 0 Å². The van der Waals surface area contributed by atoms with Crippen LogP contribution in [0.2, 0.25) is 0 Å². The predicted molar refractivity (Wildman–Crippen MR) is 117 cm³/mol. The third-order valence-corrected chi connectivity index (χ3v) is 5.45. The van der Waals surface area contributed by atoms with Gasteiger partial charge in [-0.05, 0) is 44.4 Å². The van der Waals surface area contributed by atoms with Crippen molar-refractivity contribution >= 4 is 29.9 Å². The molecule has 1 saturated carbocycles. The van der Waals surface area contributed by atoms with E-state index >= 15 is 0 Å². The van der Waals surface area contributed by atoms with Gasteiger partial charge in [0.1, 0.15) is 0 Å². The molecule has 0 bridgehead atoms. The molecule has 1 fully saturated rings. The fourth-order valence-corrected chi connectivity index (χ4v) is 4.18. The summed E-state index contributed by atoms with van der Waals surface area (Å²) in [7, 11) is 3.84.